The van der Waals surface area contributed by atoms with Crippen LogP contribution in [0.3, 0.4) is 0 Å². The smallest absolute Gasteiger partial charge is 0.406 e. The second-order valence-corrected chi connectivity index (χ2v) is 4.19. The van der Waals surface area contributed by atoms with Crippen molar-refractivity contribution in [2.75, 3.05) is 6.61 Å². The van der Waals surface area contributed by atoms with Gasteiger partial charge >= 0.3 is 6.36 Å². The first-order chi connectivity index (χ1) is 9.26. The van der Waals surface area contributed by atoms with Gasteiger partial charge in [0.15, 0.2) is 0 Å². The second kappa shape index (κ2) is 8.81. The fourth-order valence-corrected chi connectivity index (χ4v) is 1.46. The average Bonchev–Trinajstić information content (AvgIpc) is 2.27. The van der Waals surface area contributed by atoms with E-state index in [2.05, 4.69) is 4.74 Å². The van der Waals surface area contributed by atoms with E-state index in [0.717, 1.165) is 0 Å². The van der Waals surface area contributed by atoms with Gasteiger partial charge in [0.2, 0.25) is 0 Å². The molecule has 0 aliphatic rings. The van der Waals surface area contributed by atoms with Crippen molar-refractivity contribution in [3.05, 3.63) is 29.3 Å². The molecule has 0 aromatic heterocycles. The molecule has 20 heavy (non-hydrogen) atoms. The third kappa shape index (κ3) is 8.77. The predicted molar refractivity (Wildman–Crippen MR) is 72.5 cm³/mol. The summed E-state index contributed by atoms with van der Waals surface area (Å²) in [7, 11) is 0. The van der Waals surface area contributed by atoms with Crippen molar-refractivity contribution in [1.82, 2.24) is 0 Å². The SMILES string of the molecule is CC.Cc1cc(COC[C@H](C)N)cc(OC(F)(F)F)c1. The molecule has 1 rings (SSSR count). The van der Waals surface area contributed by atoms with Crippen molar-refractivity contribution in [3.8, 4) is 5.75 Å². The summed E-state index contributed by atoms with van der Waals surface area (Å²) < 4.78 is 45.4. The minimum Gasteiger partial charge on any atom is -0.406 e. The number of hydrogen-bond donors (Lipinski definition) is 1. The van der Waals surface area contributed by atoms with E-state index in [4.69, 9.17) is 10.5 Å². The monoisotopic (exact) mass is 293 g/mol. The van der Waals surface area contributed by atoms with Crippen LogP contribution in [-0.2, 0) is 11.3 Å². The van der Waals surface area contributed by atoms with Crippen LogP contribution < -0.4 is 10.5 Å². The molecule has 0 unspecified atom stereocenters. The van der Waals surface area contributed by atoms with Gasteiger partial charge in [-0.1, -0.05) is 19.9 Å². The molecule has 0 amide bonds. The molecule has 0 spiro atoms. The van der Waals surface area contributed by atoms with Gasteiger partial charge in [-0.05, 0) is 37.1 Å². The molecular weight excluding hydrogens is 271 g/mol. The van der Waals surface area contributed by atoms with Crippen molar-refractivity contribution in [1.29, 1.82) is 0 Å². The summed E-state index contributed by atoms with van der Waals surface area (Å²) in [4.78, 5) is 0. The molecule has 116 valence electrons. The van der Waals surface area contributed by atoms with Crippen LogP contribution in [0.2, 0.25) is 0 Å². The highest BCUT2D eigenvalue weighted by atomic mass is 19.4. The minimum atomic E-state index is -4.68. The van der Waals surface area contributed by atoms with Crippen LogP contribution in [0.15, 0.2) is 18.2 Å². The molecule has 2 N–H and O–H groups in total. The maximum atomic E-state index is 12.1. The molecule has 1 aromatic rings. The van der Waals surface area contributed by atoms with Crippen molar-refractivity contribution < 1.29 is 22.6 Å². The van der Waals surface area contributed by atoms with Crippen LogP contribution in [0.1, 0.15) is 31.9 Å². The maximum Gasteiger partial charge on any atom is 0.573 e. The Kier molecular flexibility index (Phi) is 8.25. The topological polar surface area (TPSA) is 44.5 Å². The number of alkyl halides is 3. The summed E-state index contributed by atoms with van der Waals surface area (Å²) in [5.41, 5.74) is 6.80. The molecule has 0 heterocycles. The normalized spacial score (nSPS) is 12.4. The Bertz CT molecular complexity index is 392. The van der Waals surface area contributed by atoms with Crippen LogP contribution in [0, 0.1) is 6.92 Å². The van der Waals surface area contributed by atoms with Crippen molar-refractivity contribution in [3.63, 3.8) is 0 Å². The molecule has 6 heteroatoms. The van der Waals surface area contributed by atoms with E-state index in [9.17, 15) is 13.2 Å². The Morgan fingerprint density at radius 3 is 2.30 bits per heavy atom. The first-order valence-electron chi connectivity index (χ1n) is 6.46. The number of benzene rings is 1. The average molecular weight is 293 g/mol. The van der Waals surface area contributed by atoms with E-state index >= 15 is 0 Å². The van der Waals surface area contributed by atoms with Gasteiger partial charge < -0.3 is 15.2 Å². The summed E-state index contributed by atoms with van der Waals surface area (Å²) in [5, 5.41) is 0. The molecular formula is C14H22F3NO2. The molecule has 0 aliphatic carbocycles. The zero-order valence-electron chi connectivity index (χ0n) is 12.3. The van der Waals surface area contributed by atoms with Crippen LogP contribution in [-0.4, -0.2) is 19.0 Å². The van der Waals surface area contributed by atoms with Crippen molar-refractivity contribution in [2.45, 2.75) is 46.7 Å². The van der Waals surface area contributed by atoms with Crippen LogP contribution >= 0.6 is 0 Å². The third-order valence-electron chi connectivity index (χ3n) is 1.99. The number of halogens is 3. The zero-order chi connectivity index (χ0) is 15.8. The van der Waals surface area contributed by atoms with E-state index in [1.807, 2.05) is 13.8 Å². The van der Waals surface area contributed by atoms with Gasteiger partial charge in [0.25, 0.3) is 0 Å². The Morgan fingerprint density at radius 1 is 1.20 bits per heavy atom. The third-order valence-corrected chi connectivity index (χ3v) is 1.99. The van der Waals surface area contributed by atoms with Gasteiger partial charge in [0, 0.05) is 6.04 Å². The Labute approximate surface area is 117 Å². The van der Waals surface area contributed by atoms with Gasteiger partial charge in [0.05, 0.1) is 13.2 Å². The van der Waals surface area contributed by atoms with Gasteiger partial charge in [-0.15, -0.1) is 13.2 Å². The minimum absolute atomic E-state index is 0.110. The van der Waals surface area contributed by atoms with Crippen LogP contribution in [0.4, 0.5) is 13.2 Å². The maximum absolute atomic E-state index is 12.1. The highest BCUT2D eigenvalue weighted by Gasteiger charge is 2.31. The van der Waals surface area contributed by atoms with E-state index in [0.29, 0.717) is 17.7 Å². The van der Waals surface area contributed by atoms with Gasteiger partial charge in [-0.3, -0.25) is 0 Å². The summed E-state index contributed by atoms with van der Waals surface area (Å²) in [6.07, 6.45) is -4.68. The van der Waals surface area contributed by atoms with Gasteiger partial charge in [0.1, 0.15) is 5.75 Å². The van der Waals surface area contributed by atoms with E-state index in [1.165, 1.54) is 12.1 Å². The lowest BCUT2D eigenvalue weighted by Gasteiger charge is -2.12. The highest BCUT2D eigenvalue weighted by molar-refractivity contribution is 5.33. The van der Waals surface area contributed by atoms with Crippen molar-refractivity contribution >= 4 is 0 Å². The molecule has 1 atom stereocenters. The fraction of sp³-hybridized carbons (Fsp3) is 0.571. The molecule has 0 saturated heterocycles. The van der Waals surface area contributed by atoms with E-state index in [-0.39, 0.29) is 18.4 Å². The molecule has 0 radical (unpaired) electrons. The quantitative estimate of drug-likeness (QED) is 0.898. The van der Waals surface area contributed by atoms with Gasteiger partial charge in [-0.25, -0.2) is 0 Å². The zero-order valence-corrected chi connectivity index (χ0v) is 12.3. The fourth-order valence-electron chi connectivity index (χ4n) is 1.46. The summed E-state index contributed by atoms with van der Waals surface area (Å²) in [5.74, 6) is -0.234. The standard InChI is InChI=1S/C12H16F3NO2.C2H6/c1-8-3-10(7-17-6-9(2)16)5-11(4-8)18-12(13,14)15;1-2/h3-5,9H,6-7,16H2,1-2H3;1-2H3/t9-;/m0./s1. The molecule has 3 nitrogen and oxygen atoms in total. The first kappa shape index (κ1) is 18.7. The lowest BCUT2D eigenvalue weighted by atomic mass is 10.1. The van der Waals surface area contributed by atoms with Crippen LogP contribution in [0.25, 0.3) is 0 Å². The Balaban J connectivity index is 0.00000172. The van der Waals surface area contributed by atoms with Gasteiger partial charge in [-0.2, -0.15) is 0 Å². The molecule has 0 bridgehead atoms. The number of ether oxygens (including phenoxy) is 2. The molecule has 1 aromatic carbocycles. The second-order valence-electron chi connectivity index (χ2n) is 4.19. The summed E-state index contributed by atoms with van der Waals surface area (Å²) in [6.45, 7) is 8.04. The Hall–Kier alpha value is -1.27. The number of nitrogens with two attached hydrogens (primary N) is 1. The highest BCUT2D eigenvalue weighted by Crippen LogP contribution is 2.25. The van der Waals surface area contributed by atoms with Crippen LogP contribution in [0.5, 0.6) is 5.75 Å². The number of aryl methyl sites for hydroxylation is 1. The summed E-state index contributed by atoms with van der Waals surface area (Å²) >= 11 is 0. The lowest BCUT2D eigenvalue weighted by Crippen LogP contribution is -2.21. The first-order valence-corrected chi connectivity index (χ1v) is 6.46. The molecule has 0 fully saturated rings. The summed E-state index contributed by atoms with van der Waals surface area (Å²) in [6, 6.07) is 4.26. The number of rotatable bonds is 5. The van der Waals surface area contributed by atoms with E-state index in [1.54, 1.807) is 19.9 Å². The number of hydrogen-bond acceptors (Lipinski definition) is 3. The van der Waals surface area contributed by atoms with Crippen molar-refractivity contribution in [2.24, 2.45) is 5.73 Å². The molecule has 0 aliphatic heterocycles. The van der Waals surface area contributed by atoms with E-state index < -0.39 is 6.36 Å². The largest absolute Gasteiger partial charge is 0.573 e. The lowest BCUT2D eigenvalue weighted by molar-refractivity contribution is -0.274. The predicted octanol–water partition coefficient (Wildman–Crippen LogP) is 3.78. The molecule has 0 saturated carbocycles. The Morgan fingerprint density at radius 2 is 1.80 bits per heavy atom.